The molecule has 0 rings (SSSR count). The summed E-state index contributed by atoms with van der Waals surface area (Å²) in [5.41, 5.74) is -0.462. The molecular weight excluding hydrogens is 272 g/mol. The van der Waals surface area contributed by atoms with Crippen LogP contribution in [-0.4, -0.2) is 28.6 Å². The summed E-state index contributed by atoms with van der Waals surface area (Å²) in [6, 6.07) is -0.869. The third-order valence-electron chi connectivity index (χ3n) is 2.95. The Hall–Kier alpha value is -0.550. The van der Waals surface area contributed by atoms with Gasteiger partial charge in [0.1, 0.15) is 0 Å². The van der Waals surface area contributed by atoms with Crippen LogP contribution in [0.1, 0.15) is 55.4 Å². The van der Waals surface area contributed by atoms with Crippen molar-refractivity contribution in [2.24, 2.45) is 11.3 Å². The third kappa shape index (κ3) is 6.75. The molecule has 0 spiro atoms. The first-order valence-corrected chi connectivity index (χ1v) is 7.55. The Bertz CT molecular complexity index is 354. The van der Waals surface area contributed by atoms with Crippen LogP contribution in [0.15, 0.2) is 0 Å². The maximum absolute atomic E-state index is 12.3. The molecule has 0 aromatic rings. The van der Waals surface area contributed by atoms with E-state index in [1.807, 2.05) is 48.5 Å². The van der Waals surface area contributed by atoms with E-state index in [0.717, 1.165) is 0 Å². The molecule has 2 unspecified atom stereocenters. The summed E-state index contributed by atoms with van der Waals surface area (Å²) in [4.78, 5) is 24.0. The fourth-order valence-electron chi connectivity index (χ4n) is 1.93. The summed E-state index contributed by atoms with van der Waals surface area (Å²) < 4.78 is 0. The van der Waals surface area contributed by atoms with Crippen molar-refractivity contribution in [2.45, 2.75) is 72.3 Å². The zero-order chi connectivity index (χ0) is 16.3. The number of nitrogens with one attached hydrogen (secondary N) is 2. The van der Waals surface area contributed by atoms with Crippen LogP contribution in [-0.2, 0) is 9.59 Å². The lowest BCUT2D eigenvalue weighted by atomic mass is 9.87. The first-order chi connectivity index (χ1) is 8.75. The van der Waals surface area contributed by atoms with E-state index in [0.29, 0.717) is 0 Å². The van der Waals surface area contributed by atoms with Gasteiger partial charge in [0.15, 0.2) is 5.78 Å². The molecule has 0 aliphatic carbocycles. The lowest BCUT2D eigenvalue weighted by Gasteiger charge is -2.31. The van der Waals surface area contributed by atoms with Crippen LogP contribution in [0.25, 0.3) is 0 Å². The van der Waals surface area contributed by atoms with Crippen molar-refractivity contribution in [3.8, 4) is 0 Å². The molecule has 0 saturated carbocycles. The molecule has 0 aromatic heterocycles. The molecule has 4 nitrogen and oxygen atoms in total. The smallest absolute Gasteiger partial charge is 0.238 e. The minimum atomic E-state index is -0.492. The van der Waals surface area contributed by atoms with Crippen molar-refractivity contribution in [1.29, 1.82) is 0 Å². The summed E-state index contributed by atoms with van der Waals surface area (Å²) in [5, 5.41) is 5.98. The molecule has 0 saturated heterocycles. The van der Waals surface area contributed by atoms with Crippen molar-refractivity contribution in [1.82, 2.24) is 10.6 Å². The summed E-state index contributed by atoms with van der Waals surface area (Å²) in [6.07, 6.45) is 0. The Labute approximate surface area is 128 Å². The van der Waals surface area contributed by atoms with Gasteiger partial charge in [-0.3, -0.25) is 14.9 Å². The lowest BCUT2D eigenvalue weighted by molar-refractivity contribution is -0.133. The van der Waals surface area contributed by atoms with E-state index in [9.17, 15) is 9.59 Å². The number of amides is 1. The Kier molecular flexibility index (Phi) is 6.75. The van der Waals surface area contributed by atoms with E-state index >= 15 is 0 Å². The predicted molar refractivity (Wildman–Crippen MR) is 86.9 cm³/mol. The number of hydrogen-bond donors (Lipinski definition) is 3. The summed E-state index contributed by atoms with van der Waals surface area (Å²) >= 11 is 4.40. The number of hydrogen-bond acceptors (Lipinski definition) is 4. The van der Waals surface area contributed by atoms with Crippen LogP contribution in [0, 0.1) is 11.3 Å². The van der Waals surface area contributed by atoms with Gasteiger partial charge >= 0.3 is 0 Å². The Morgan fingerprint density at radius 3 is 1.75 bits per heavy atom. The predicted octanol–water partition coefficient (Wildman–Crippen LogP) is 2.39. The second-order valence-corrected chi connectivity index (χ2v) is 8.39. The van der Waals surface area contributed by atoms with Gasteiger partial charge in [0.05, 0.1) is 17.0 Å². The lowest BCUT2D eigenvalue weighted by Crippen LogP contribution is -2.56. The fourth-order valence-corrected chi connectivity index (χ4v) is 2.07. The Morgan fingerprint density at radius 1 is 1.00 bits per heavy atom. The number of Topliss-reactive ketones (excluding diaryl/α,β-unsaturated/α-hetero) is 1. The van der Waals surface area contributed by atoms with E-state index in [1.165, 1.54) is 0 Å². The molecule has 0 fully saturated rings. The molecule has 0 aromatic carbocycles. The topological polar surface area (TPSA) is 58.2 Å². The van der Waals surface area contributed by atoms with Crippen LogP contribution in [0.3, 0.4) is 0 Å². The van der Waals surface area contributed by atoms with Gasteiger partial charge in [-0.05, 0) is 26.7 Å². The van der Waals surface area contributed by atoms with Gasteiger partial charge < -0.3 is 5.32 Å². The molecule has 0 bridgehead atoms. The van der Waals surface area contributed by atoms with Crippen molar-refractivity contribution >= 4 is 24.3 Å². The monoisotopic (exact) mass is 302 g/mol. The van der Waals surface area contributed by atoms with Crippen LogP contribution in [0.2, 0.25) is 0 Å². The molecule has 20 heavy (non-hydrogen) atoms. The molecule has 118 valence electrons. The van der Waals surface area contributed by atoms with Gasteiger partial charge in [0, 0.05) is 5.41 Å². The number of carbonyl (C=O) groups is 2. The van der Waals surface area contributed by atoms with E-state index in [2.05, 4.69) is 23.3 Å². The molecule has 0 radical (unpaired) electrons. The maximum atomic E-state index is 12.3. The zero-order valence-corrected chi connectivity index (χ0v) is 14.9. The van der Waals surface area contributed by atoms with Gasteiger partial charge in [0.25, 0.3) is 0 Å². The highest BCUT2D eigenvalue weighted by atomic mass is 32.1. The molecule has 2 atom stereocenters. The number of thiol groups is 1. The number of ketones is 1. The number of carbonyl (C=O) groups excluding carboxylic acids is 2. The normalized spacial score (nSPS) is 15.9. The van der Waals surface area contributed by atoms with Crippen LogP contribution in [0.5, 0.6) is 0 Å². The first kappa shape index (κ1) is 19.4. The van der Waals surface area contributed by atoms with Gasteiger partial charge in [-0.1, -0.05) is 34.6 Å². The third-order valence-corrected chi connectivity index (χ3v) is 3.08. The highest BCUT2D eigenvalue weighted by molar-refractivity contribution is 7.81. The summed E-state index contributed by atoms with van der Waals surface area (Å²) in [7, 11) is 0. The van der Waals surface area contributed by atoms with Gasteiger partial charge in [-0.25, -0.2) is 0 Å². The first-order valence-electron chi connectivity index (χ1n) is 7.10. The van der Waals surface area contributed by atoms with Crippen molar-refractivity contribution in [3.05, 3.63) is 0 Å². The Morgan fingerprint density at radius 2 is 1.45 bits per heavy atom. The van der Waals surface area contributed by atoms with Crippen LogP contribution in [0.4, 0.5) is 0 Å². The summed E-state index contributed by atoms with van der Waals surface area (Å²) in [6.45, 7) is 15.0. The molecule has 0 aliphatic heterocycles. The summed E-state index contributed by atoms with van der Waals surface area (Å²) in [5.74, 6) is -0.0240. The highest BCUT2D eigenvalue weighted by Gasteiger charge is 2.32. The standard InChI is InChI=1S/C15H30N2O2S/c1-9(2)11(17-15(7,8)20)13(19)16-10(3)12(18)14(4,5)6/h9-11,17,20H,1-8H3,(H,16,19). The van der Waals surface area contributed by atoms with Gasteiger partial charge in [0.2, 0.25) is 5.91 Å². The molecule has 5 heteroatoms. The van der Waals surface area contributed by atoms with Crippen molar-refractivity contribution < 1.29 is 9.59 Å². The Balaban J connectivity index is 4.83. The molecule has 0 heterocycles. The second kappa shape index (κ2) is 6.94. The minimum absolute atomic E-state index is 0.0264. The average molecular weight is 302 g/mol. The van der Waals surface area contributed by atoms with Gasteiger partial charge in [-0.2, -0.15) is 12.6 Å². The van der Waals surface area contributed by atoms with E-state index in [4.69, 9.17) is 0 Å². The maximum Gasteiger partial charge on any atom is 0.238 e. The molecule has 0 aliphatic rings. The van der Waals surface area contributed by atoms with E-state index < -0.39 is 16.3 Å². The minimum Gasteiger partial charge on any atom is -0.345 e. The quantitative estimate of drug-likeness (QED) is 0.521. The molecular formula is C15H30N2O2S. The van der Waals surface area contributed by atoms with Crippen LogP contribution < -0.4 is 10.6 Å². The largest absolute Gasteiger partial charge is 0.345 e. The van der Waals surface area contributed by atoms with E-state index in [-0.39, 0.29) is 23.7 Å². The number of rotatable bonds is 6. The van der Waals surface area contributed by atoms with Crippen LogP contribution >= 0.6 is 12.6 Å². The average Bonchev–Trinajstić information content (AvgIpc) is 2.21. The second-order valence-electron chi connectivity index (χ2n) is 7.27. The zero-order valence-electron chi connectivity index (χ0n) is 14.0. The van der Waals surface area contributed by atoms with Crippen molar-refractivity contribution in [3.63, 3.8) is 0 Å². The molecule has 2 N–H and O–H groups in total. The van der Waals surface area contributed by atoms with Gasteiger partial charge in [-0.15, -0.1) is 0 Å². The van der Waals surface area contributed by atoms with Crippen molar-refractivity contribution in [2.75, 3.05) is 0 Å². The molecule has 1 amide bonds. The van der Waals surface area contributed by atoms with E-state index in [1.54, 1.807) is 6.92 Å². The fraction of sp³-hybridized carbons (Fsp3) is 0.867. The highest BCUT2D eigenvalue weighted by Crippen LogP contribution is 2.17. The SMILES string of the molecule is CC(NC(=O)C(NC(C)(C)S)C(C)C)C(=O)C(C)(C)C.